The second-order valence-corrected chi connectivity index (χ2v) is 4.73. The Bertz CT molecular complexity index is 677. The van der Waals surface area contributed by atoms with Crippen molar-refractivity contribution in [3.8, 4) is 11.5 Å². The van der Waals surface area contributed by atoms with Crippen LogP contribution in [0.3, 0.4) is 0 Å². The first-order valence-electron chi connectivity index (χ1n) is 6.26. The highest BCUT2D eigenvalue weighted by molar-refractivity contribution is 6.31. The van der Waals surface area contributed by atoms with Crippen LogP contribution in [0.4, 0.5) is 11.4 Å². The number of halogens is 1. The molecular weight excluding hydrogens is 294 g/mol. The summed E-state index contributed by atoms with van der Waals surface area (Å²) in [5.74, 6) is 6.18. The maximum absolute atomic E-state index is 10.9. The summed E-state index contributed by atoms with van der Waals surface area (Å²) in [6.07, 6.45) is 0.764. The van der Waals surface area contributed by atoms with E-state index in [2.05, 4.69) is 5.43 Å². The number of nitro benzene ring substituents is 1. The number of nitrogens with zero attached hydrogens (tertiary/aromatic N) is 1. The van der Waals surface area contributed by atoms with Crippen molar-refractivity contribution >= 4 is 23.0 Å². The molecule has 2 rings (SSSR count). The highest BCUT2D eigenvalue weighted by atomic mass is 35.5. The molecule has 3 N–H and O–H groups in total. The van der Waals surface area contributed by atoms with Crippen molar-refractivity contribution in [1.82, 2.24) is 0 Å². The molecule has 0 unspecified atom stereocenters. The Morgan fingerprint density at radius 3 is 2.67 bits per heavy atom. The van der Waals surface area contributed by atoms with Gasteiger partial charge in [-0.2, -0.15) is 0 Å². The number of rotatable bonds is 5. The number of nitrogens with two attached hydrogens (primary N) is 1. The minimum atomic E-state index is -0.507. The maximum Gasteiger partial charge on any atom is 0.275 e. The van der Waals surface area contributed by atoms with E-state index in [-0.39, 0.29) is 5.69 Å². The zero-order valence-corrected chi connectivity index (χ0v) is 12.1. The molecule has 0 heterocycles. The SMILES string of the molecule is CCc1cc(Oc2cc(NN)cc([N+](=O)[O-])c2)ccc1Cl. The summed E-state index contributed by atoms with van der Waals surface area (Å²) in [4.78, 5) is 10.4. The lowest BCUT2D eigenvalue weighted by Crippen LogP contribution is -2.07. The normalized spacial score (nSPS) is 10.2. The molecule has 0 aliphatic carbocycles. The number of nitro groups is 1. The second-order valence-electron chi connectivity index (χ2n) is 4.33. The summed E-state index contributed by atoms with van der Waals surface area (Å²) in [5, 5.41) is 11.5. The summed E-state index contributed by atoms with van der Waals surface area (Å²) < 4.78 is 5.65. The third-order valence-corrected chi connectivity index (χ3v) is 3.27. The van der Waals surface area contributed by atoms with Crippen LogP contribution in [-0.2, 0) is 6.42 Å². The number of anilines is 1. The molecule has 0 atom stereocenters. The van der Waals surface area contributed by atoms with E-state index in [1.165, 1.54) is 12.1 Å². The number of non-ortho nitro benzene ring substituents is 1. The van der Waals surface area contributed by atoms with Crippen LogP contribution in [0.1, 0.15) is 12.5 Å². The lowest BCUT2D eigenvalue weighted by molar-refractivity contribution is -0.384. The van der Waals surface area contributed by atoms with E-state index in [9.17, 15) is 10.1 Å². The molecule has 0 spiro atoms. The molecule has 21 heavy (non-hydrogen) atoms. The van der Waals surface area contributed by atoms with E-state index < -0.39 is 4.92 Å². The third kappa shape index (κ3) is 3.62. The quantitative estimate of drug-likeness (QED) is 0.497. The maximum atomic E-state index is 10.9. The fourth-order valence-electron chi connectivity index (χ4n) is 1.85. The Balaban J connectivity index is 2.34. The van der Waals surface area contributed by atoms with Crippen LogP contribution in [-0.4, -0.2) is 4.92 Å². The largest absolute Gasteiger partial charge is 0.457 e. The summed E-state index contributed by atoms with van der Waals surface area (Å²) in [5.41, 5.74) is 3.60. The minimum absolute atomic E-state index is 0.106. The van der Waals surface area contributed by atoms with Gasteiger partial charge in [0.1, 0.15) is 11.5 Å². The average Bonchev–Trinajstić information content (AvgIpc) is 2.48. The van der Waals surface area contributed by atoms with Gasteiger partial charge in [0.05, 0.1) is 16.7 Å². The minimum Gasteiger partial charge on any atom is -0.457 e. The number of benzene rings is 2. The third-order valence-electron chi connectivity index (χ3n) is 2.90. The van der Waals surface area contributed by atoms with Gasteiger partial charge in [-0.25, -0.2) is 0 Å². The number of hydrazine groups is 1. The number of aryl methyl sites for hydroxylation is 1. The topological polar surface area (TPSA) is 90.4 Å². The predicted molar refractivity (Wildman–Crippen MR) is 81.8 cm³/mol. The van der Waals surface area contributed by atoms with Gasteiger partial charge in [-0.15, -0.1) is 0 Å². The van der Waals surface area contributed by atoms with Crippen molar-refractivity contribution in [2.75, 3.05) is 5.43 Å². The molecule has 6 nitrogen and oxygen atoms in total. The highest BCUT2D eigenvalue weighted by Gasteiger charge is 2.11. The van der Waals surface area contributed by atoms with Crippen LogP contribution in [0.2, 0.25) is 5.02 Å². The zero-order chi connectivity index (χ0) is 15.4. The van der Waals surface area contributed by atoms with Gasteiger partial charge in [-0.3, -0.25) is 16.0 Å². The van der Waals surface area contributed by atoms with Gasteiger partial charge in [0.2, 0.25) is 0 Å². The van der Waals surface area contributed by atoms with Crippen molar-refractivity contribution in [3.05, 3.63) is 57.1 Å². The Hall–Kier alpha value is -2.31. The van der Waals surface area contributed by atoms with Crippen molar-refractivity contribution in [1.29, 1.82) is 0 Å². The molecule has 0 amide bonds. The zero-order valence-electron chi connectivity index (χ0n) is 11.3. The van der Waals surface area contributed by atoms with Gasteiger partial charge in [-0.1, -0.05) is 18.5 Å². The van der Waals surface area contributed by atoms with Crippen LogP contribution < -0.4 is 16.0 Å². The molecular formula is C14H14ClN3O3. The first kappa shape index (κ1) is 15.1. The molecule has 0 aromatic heterocycles. The van der Waals surface area contributed by atoms with E-state index in [1.807, 2.05) is 6.92 Å². The van der Waals surface area contributed by atoms with Crippen LogP contribution in [0.5, 0.6) is 11.5 Å². The molecule has 110 valence electrons. The molecule has 2 aromatic carbocycles. The summed E-state index contributed by atoms with van der Waals surface area (Å²) in [6.45, 7) is 1.98. The van der Waals surface area contributed by atoms with E-state index in [0.717, 1.165) is 12.0 Å². The molecule has 0 aliphatic rings. The Morgan fingerprint density at radius 2 is 2.05 bits per heavy atom. The standard InChI is InChI=1S/C14H14ClN3O3/c1-2-9-5-12(3-4-14(9)15)21-13-7-10(17-16)6-11(8-13)18(19)20/h3-8,17H,2,16H2,1H3. The van der Waals surface area contributed by atoms with Crippen molar-refractivity contribution < 1.29 is 9.66 Å². The van der Waals surface area contributed by atoms with E-state index in [4.69, 9.17) is 22.2 Å². The lowest BCUT2D eigenvalue weighted by Gasteiger charge is -2.09. The van der Waals surface area contributed by atoms with Crippen molar-refractivity contribution in [2.24, 2.45) is 5.84 Å². The molecule has 0 saturated heterocycles. The molecule has 0 aliphatic heterocycles. The molecule has 0 saturated carbocycles. The van der Waals surface area contributed by atoms with Crippen molar-refractivity contribution in [3.63, 3.8) is 0 Å². The second kappa shape index (κ2) is 6.43. The predicted octanol–water partition coefficient (Wildman–Crippen LogP) is 3.89. The lowest BCUT2D eigenvalue weighted by atomic mass is 10.1. The average molecular weight is 308 g/mol. The number of hydrogen-bond donors (Lipinski definition) is 2. The molecule has 2 aromatic rings. The van der Waals surface area contributed by atoms with Gasteiger partial charge in [0, 0.05) is 17.2 Å². The number of nitrogens with one attached hydrogen (secondary N) is 1. The van der Waals surface area contributed by atoms with E-state index >= 15 is 0 Å². The van der Waals surface area contributed by atoms with Crippen LogP contribution in [0, 0.1) is 10.1 Å². The van der Waals surface area contributed by atoms with Gasteiger partial charge in [0.25, 0.3) is 5.69 Å². The van der Waals surface area contributed by atoms with Crippen molar-refractivity contribution in [2.45, 2.75) is 13.3 Å². The van der Waals surface area contributed by atoms with Gasteiger partial charge in [0.15, 0.2) is 0 Å². The summed E-state index contributed by atoms with van der Waals surface area (Å²) >= 11 is 6.04. The van der Waals surface area contributed by atoms with Crippen LogP contribution >= 0.6 is 11.6 Å². The van der Waals surface area contributed by atoms with Gasteiger partial charge >= 0.3 is 0 Å². The Labute approximate surface area is 126 Å². The number of nitrogen functional groups attached to an aromatic ring is 1. The molecule has 0 fully saturated rings. The highest BCUT2D eigenvalue weighted by Crippen LogP contribution is 2.31. The molecule has 7 heteroatoms. The number of hydrogen-bond acceptors (Lipinski definition) is 5. The van der Waals surface area contributed by atoms with Crippen LogP contribution in [0.25, 0.3) is 0 Å². The fraction of sp³-hybridized carbons (Fsp3) is 0.143. The summed E-state index contributed by atoms with van der Waals surface area (Å²) in [6, 6.07) is 9.47. The summed E-state index contributed by atoms with van der Waals surface area (Å²) in [7, 11) is 0. The van der Waals surface area contributed by atoms with E-state index in [0.29, 0.717) is 22.2 Å². The first-order chi connectivity index (χ1) is 10.0. The van der Waals surface area contributed by atoms with Gasteiger partial charge < -0.3 is 10.2 Å². The number of ether oxygens (including phenoxy) is 1. The monoisotopic (exact) mass is 307 g/mol. The smallest absolute Gasteiger partial charge is 0.275 e. The first-order valence-corrected chi connectivity index (χ1v) is 6.63. The Kier molecular flexibility index (Phi) is 4.62. The van der Waals surface area contributed by atoms with Crippen LogP contribution in [0.15, 0.2) is 36.4 Å². The van der Waals surface area contributed by atoms with Gasteiger partial charge in [-0.05, 0) is 30.2 Å². The Morgan fingerprint density at radius 1 is 1.29 bits per heavy atom. The molecule has 0 bridgehead atoms. The fourth-order valence-corrected chi connectivity index (χ4v) is 2.10. The molecule has 0 radical (unpaired) electrons. The van der Waals surface area contributed by atoms with E-state index in [1.54, 1.807) is 24.3 Å².